The summed E-state index contributed by atoms with van der Waals surface area (Å²) in [4.78, 5) is 21.3. The zero-order valence-corrected chi connectivity index (χ0v) is 9.72. The monoisotopic (exact) mass is 243 g/mol. The highest BCUT2D eigenvalue weighted by atomic mass is 32.2. The highest BCUT2D eigenvalue weighted by molar-refractivity contribution is 8.00. The van der Waals surface area contributed by atoms with Crippen molar-refractivity contribution >= 4 is 23.8 Å². The maximum Gasteiger partial charge on any atom is 0.315 e. The predicted molar refractivity (Wildman–Crippen MR) is 59.0 cm³/mol. The first-order valence-electron chi connectivity index (χ1n) is 5.55. The summed E-state index contributed by atoms with van der Waals surface area (Å²) in [5, 5.41) is 16.5. The van der Waals surface area contributed by atoms with Crippen LogP contribution in [0.3, 0.4) is 0 Å². The molecule has 0 saturated carbocycles. The van der Waals surface area contributed by atoms with Crippen molar-refractivity contribution in [1.82, 2.24) is 10.6 Å². The summed E-state index contributed by atoms with van der Waals surface area (Å²) in [6.07, 6.45) is 2.64. The van der Waals surface area contributed by atoms with E-state index in [0.29, 0.717) is 11.7 Å². The minimum absolute atomic E-state index is 0.0740. The molecule has 0 spiro atoms. The number of urea groups is 1. The van der Waals surface area contributed by atoms with Crippen molar-refractivity contribution in [2.75, 3.05) is 5.75 Å². The smallest absolute Gasteiger partial charge is 0.315 e. The Kier molecular flexibility index (Phi) is 3.58. The molecule has 0 aliphatic carbocycles. The molecule has 2 aliphatic rings. The number of aliphatic carboxylic acids is 1. The molecule has 2 heterocycles. The summed E-state index contributed by atoms with van der Waals surface area (Å²) in [7, 11) is 0. The van der Waals surface area contributed by atoms with Gasteiger partial charge in [0, 0.05) is 17.0 Å². The number of carboxylic acids is 1. The Bertz CT molecular complexity index is 298. The second kappa shape index (κ2) is 4.95. The molecule has 16 heavy (non-hydrogen) atoms. The Labute approximate surface area is 98.4 Å². The number of amides is 2. The topological polar surface area (TPSA) is 81.3 Å². The van der Waals surface area contributed by atoms with Crippen molar-refractivity contribution in [2.24, 2.45) is 0 Å². The molecule has 0 aromatic heterocycles. The summed E-state index contributed by atoms with van der Waals surface area (Å²) >= 11 is 1.85. The van der Waals surface area contributed by atoms with Crippen LogP contribution in [0.1, 0.15) is 25.7 Å². The number of unbranched alkanes of at least 4 members (excludes halogenated alkanes) is 1. The van der Waals surface area contributed by atoms with Crippen LogP contribution in [0.2, 0.25) is 0 Å². The van der Waals surface area contributed by atoms with E-state index < -0.39 is 5.97 Å². The number of carbonyl (C=O) groups excluding carboxylic acids is 2. The van der Waals surface area contributed by atoms with Crippen molar-refractivity contribution in [2.45, 2.75) is 43.0 Å². The lowest BCUT2D eigenvalue weighted by Crippen LogP contribution is -2.36. The Morgan fingerprint density at radius 1 is 1.44 bits per heavy atom. The fraction of sp³-hybridized carbons (Fsp3) is 0.800. The molecule has 2 saturated heterocycles. The van der Waals surface area contributed by atoms with E-state index in [4.69, 9.17) is 0 Å². The maximum absolute atomic E-state index is 11.1. The zero-order valence-electron chi connectivity index (χ0n) is 8.90. The molecular weight excluding hydrogens is 228 g/mol. The second-order valence-corrected chi connectivity index (χ2v) is 5.51. The number of thioether (sulfide) groups is 1. The van der Waals surface area contributed by atoms with Gasteiger partial charge in [-0.25, -0.2) is 4.79 Å². The van der Waals surface area contributed by atoms with E-state index in [1.807, 2.05) is 11.8 Å². The summed E-state index contributed by atoms with van der Waals surface area (Å²) < 4.78 is 0. The van der Waals surface area contributed by atoms with Crippen LogP contribution in [-0.2, 0) is 4.79 Å². The van der Waals surface area contributed by atoms with Crippen LogP contribution < -0.4 is 15.7 Å². The number of carboxylic acid groups (broad SMARTS) is 1. The Morgan fingerprint density at radius 3 is 3.00 bits per heavy atom. The molecule has 90 valence electrons. The Hall–Kier alpha value is -0.910. The maximum atomic E-state index is 11.1. The fourth-order valence-electron chi connectivity index (χ4n) is 2.26. The second-order valence-electron chi connectivity index (χ2n) is 4.24. The molecule has 2 fully saturated rings. The summed E-state index contributed by atoms with van der Waals surface area (Å²) in [5.41, 5.74) is 0. The zero-order chi connectivity index (χ0) is 11.5. The van der Waals surface area contributed by atoms with Gasteiger partial charge in [0.1, 0.15) is 0 Å². The number of rotatable bonds is 5. The van der Waals surface area contributed by atoms with Crippen molar-refractivity contribution in [3.8, 4) is 0 Å². The molecule has 2 amide bonds. The fourth-order valence-corrected chi connectivity index (χ4v) is 3.80. The lowest BCUT2D eigenvalue weighted by Gasteiger charge is -2.16. The van der Waals surface area contributed by atoms with Crippen LogP contribution >= 0.6 is 11.8 Å². The van der Waals surface area contributed by atoms with Crippen LogP contribution in [0, 0.1) is 0 Å². The van der Waals surface area contributed by atoms with Gasteiger partial charge in [-0.1, -0.05) is 6.42 Å². The minimum Gasteiger partial charge on any atom is -0.550 e. The third-order valence-electron chi connectivity index (χ3n) is 3.06. The van der Waals surface area contributed by atoms with Gasteiger partial charge in [0.25, 0.3) is 0 Å². The molecule has 0 radical (unpaired) electrons. The SMILES string of the molecule is O=C([O-])CCCC[C@@H]1SC[C@@H]2NC(=O)N[C@@H]21. The summed E-state index contributed by atoms with van der Waals surface area (Å²) in [6, 6.07) is 0.402. The number of fused-ring (bicyclic) bond motifs is 1. The summed E-state index contributed by atoms with van der Waals surface area (Å²) in [6.45, 7) is 0. The molecule has 0 aromatic rings. The van der Waals surface area contributed by atoms with Gasteiger partial charge in [0.2, 0.25) is 0 Å². The normalized spacial score (nSPS) is 32.0. The van der Waals surface area contributed by atoms with Crippen molar-refractivity contribution in [3.63, 3.8) is 0 Å². The number of nitrogens with one attached hydrogen (secondary N) is 2. The molecule has 6 heteroatoms. The van der Waals surface area contributed by atoms with Crippen LogP contribution in [0.25, 0.3) is 0 Å². The van der Waals surface area contributed by atoms with Gasteiger partial charge in [-0.2, -0.15) is 11.8 Å². The summed E-state index contributed by atoms with van der Waals surface area (Å²) in [5.74, 6) is -0.0260. The van der Waals surface area contributed by atoms with Crippen molar-refractivity contribution in [1.29, 1.82) is 0 Å². The van der Waals surface area contributed by atoms with Crippen LogP contribution in [0.4, 0.5) is 4.79 Å². The molecule has 3 atom stereocenters. The van der Waals surface area contributed by atoms with E-state index in [2.05, 4.69) is 10.6 Å². The van der Waals surface area contributed by atoms with Crippen molar-refractivity contribution in [3.05, 3.63) is 0 Å². The van der Waals surface area contributed by atoms with E-state index in [9.17, 15) is 14.7 Å². The minimum atomic E-state index is -0.979. The first kappa shape index (κ1) is 11.6. The van der Waals surface area contributed by atoms with E-state index in [0.717, 1.165) is 18.6 Å². The quantitative estimate of drug-likeness (QED) is 0.502. The lowest BCUT2D eigenvalue weighted by atomic mass is 10.0. The third-order valence-corrected chi connectivity index (χ3v) is 4.57. The standard InChI is InChI=1S/C10H16N2O3S/c13-8(14)4-2-1-3-7-9-6(5-16-7)11-10(15)12-9/h6-7,9H,1-5H2,(H,13,14)(H2,11,12,15)/p-1/t6-,7-,9-/m0/s1. The number of hydrogen-bond donors (Lipinski definition) is 2. The van der Waals surface area contributed by atoms with Crippen LogP contribution in [0.15, 0.2) is 0 Å². The van der Waals surface area contributed by atoms with Gasteiger partial charge in [0.15, 0.2) is 0 Å². The molecular formula is C10H15N2O3S-. The molecule has 0 bridgehead atoms. The van der Waals surface area contributed by atoms with E-state index >= 15 is 0 Å². The average Bonchev–Trinajstić information content (AvgIpc) is 2.72. The van der Waals surface area contributed by atoms with Gasteiger partial charge in [-0.3, -0.25) is 0 Å². The predicted octanol–water partition coefficient (Wildman–Crippen LogP) is -0.538. The number of carbonyl (C=O) groups is 2. The van der Waals surface area contributed by atoms with Crippen LogP contribution in [-0.4, -0.2) is 35.1 Å². The number of hydrogen-bond acceptors (Lipinski definition) is 4. The van der Waals surface area contributed by atoms with Gasteiger partial charge in [0.05, 0.1) is 12.1 Å². The molecule has 0 unspecified atom stereocenters. The van der Waals surface area contributed by atoms with Gasteiger partial charge >= 0.3 is 6.03 Å². The van der Waals surface area contributed by atoms with Gasteiger partial charge in [-0.15, -0.1) is 0 Å². The highest BCUT2D eigenvalue weighted by Gasteiger charge is 2.42. The van der Waals surface area contributed by atoms with Gasteiger partial charge in [-0.05, 0) is 19.3 Å². The van der Waals surface area contributed by atoms with Crippen molar-refractivity contribution < 1.29 is 14.7 Å². The third kappa shape index (κ3) is 2.61. The molecule has 2 aliphatic heterocycles. The molecule has 2 N–H and O–H groups in total. The lowest BCUT2D eigenvalue weighted by molar-refractivity contribution is -0.305. The van der Waals surface area contributed by atoms with E-state index in [1.165, 1.54) is 0 Å². The largest absolute Gasteiger partial charge is 0.550 e. The average molecular weight is 243 g/mol. The first-order chi connectivity index (χ1) is 7.66. The molecule has 0 aromatic carbocycles. The first-order valence-corrected chi connectivity index (χ1v) is 6.60. The Morgan fingerprint density at radius 2 is 2.25 bits per heavy atom. The van der Waals surface area contributed by atoms with Gasteiger partial charge < -0.3 is 20.5 Å². The Balaban J connectivity index is 1.70. The molecule has 2 rings (SSSR count). The highest BCUT2D eigenvalue weighted by Crippen LogP contribution is 2.33. The van der Waals surface area contributed by atoms with E-state index in [-0.39, 0.29) is 24.5 Å². The van der Waals surface area contributed by atoms with Crippen LogP contribution in [0.5, 0.6) is 0 Å². The molecule has 5 nitrogen and oxygen atoms in total. The van der Waals surface area contributed by atoms with E-state index in [1.54, 1.807) is 0 Å².